The van der Waals surface area contributed by atoms with Gasteiger partial charge in [-0.3, -0.25) is 4.79 Å². The van der Waals surface area contributed by atoms with Crippen LogP contribution in [0.1, 0.15) is 32.6 Å². The first-order valence-corrected chi connectivity index (χ1v) is 9.82. The molecule has 1 aromatic heterocycles. The Labute approximate surface area is 167 Å². The van der Waals surface area contributed by atoms with Crippen LogP contribution in [0, 0.1) is 0 Å². The number of carbonyl (C=O) groups excluding carboxylic acids is 1. The number of rotatable bonds is 6. The highest BCUT2D eigenvalue weighted by Crippen LogP contribution is 2.29. The van der Waals surface area contributed by atoms with Crippen molar-refractivity contribution in [1.82, 2.24) is 15.3 Å². The highest BCUT2D eigenvalue weighted by Gasteiger charge is 2.26. The summed E-state index contributed by atoms with van der Waals surface area (Å²) in [5, 5.41) is 9.72. The van der Waals surface area contributed by atoms with Gasteiger partial charge in [0.2, 0.25) is 11.9 Å². The van der Waals surface area contributed by atoms with Crippen LogP contribution in [0.15, 0.2) is 34.9 Å². The smallest absolute Gasteiger partial charge is 0.229 e. The second-order valence-electron chi connectivity index (χ2n) is 6.56. The minimum Gasteiger partial charge on any atom is -0.495 e. The Hall–Kier alpha value is -2.35. The van der Waals surface area contributed by atoms with Crippen molar-refractivity contribution < 1.29 is 9.53 Å². The molecule has 0 radical (unpaired) electrons. The van der Waals surface area contributed by atoms with Crippen LogP contribution in [0.2, 0.25) is 0 Å². The zero-order valence-electron chi connectivity index (χ0n) is 15.5. The van der Waals surface area contributed by atoms with Gasteiger partial charge in [0.25, 0.3) is 0 Å². The summed E-state index contributed by atoms with van der Waals surface area (Å²) in [6.07, 6.45) is 5.91. The van der Waals surface area contributed by atoms with Gasteiger partial charge in [-0.1, -0.05) is 25.0 Å². The van der Waals surface area contributed by atoms with E-state index in [-0.39, 0.29) is 18.0 Å². The van der Waals surface area contributed by atoms with Crippen molar-refractivity contribution in [2.45, 2.75) is 44.7 Å². The third-order valence-corrected chi connectivity index (χ3v) is 5.15. The van der Waals surface area contributed by atoms with Gasteiger partial charge >= 0.3 is 0 Å². The predicted octanol–water partition coefficient (Wildman–Crippen LogP) is 3.85. The lowest BCUT2D eigenvalue weighted by Gasteiger charge is -2.33. The molecular formula is C19H24BrN5O2. The van der Waals surface area contributed by atoms with Crippen LogP contribution in [-0.2, 0) is 4.79 Å². The Bertz CT molecular complexity index is 801. The average molecular weight is 434 g/mol. The summed E-state index contributed by atoms with van der Waals surface area (Å²) in [4.78, 5) is 20.4. The molecule has 0 unspecified atom stereocenters. The van der Waals surface area contributed by atoms with Crippen molar-refractivity contribution in [1.29, 1.82) is 0 Å². The number of nitrogens with zero attached hydrogens (tertiary/aromatic N) is 2. The zero-order chi connectivity index (χ0) is 19.2. The Morgan fingerprint density at radius 3 is 2.70 bits per heavy atom. The van der Waals surface area contributed by atoms with Gasteiger partial charge in [-0.25, -0.2) is 4.98 Å². The first-order chi connectivity index (χ1) is 13.1. The maximum absolute atomic E-state index is 11.5. The molecule has 1 fully saturated rings. The molecule has 0 saturated heterocycles. The minimum atomic E-state index is -0.00557. The van der Waals surface area contributed by atoms with Crippen LogP contribution in [0.3, 0.4) is 0 Å². The fourth-order valence-corrected chi connectivity index (χ4v) is 3.62. The third-order valence-electron chi connectivity index (χ3n) is 4.57. The van der Waals surface area contributed by atoms with E-state index in [1.165, 1.54) is 0 Å². The summed E-state index contributed by atoms with van der Waals surface area (Å²) in [5.41, 5.74) is 0.794. The van der Waals surface area contributed by atoms with Gasteiger partial charge in [0, 0.05) is 25.2 Å². The number of carbonyl (C=O) groups is 1. The normalized spacial score (nSPS) is 19.2. The number of benzene rings is 1. The summed E-state index contributed by atoms with van der Waals surface area (Å²) in [6, 6.07) is 7.84. The lowest BCUT2D eigenvalue weighted by molar-refractivity contribution is -0.119. The molecule has 8 heteroatoms. The number of methoxy groups -OCH3 is 1. The molecule has 0 spiro atoms. The number of hydrogen-bond acceptors (Lipinski definition) is 6. The fourth-order valence-electron chi connectivity index (χ4n) is 3.31. The number of para-hydroxylation sites is 2. The number of halogens is 1. The van der Waals surface area contributed by atoms with Crippen LogP contribution < -0.4 is 20.7 Å². The third kappa shape index (κ3) is 5.09. The second-order valence-corrected chi connectivity index (χ2v) is 7.41. The number of aromatic nitrogens is 2. The van der Waals surface area contributed by atoms with Gasteiger partial charge in [-0.2, -0.15) is 4.98 Å². The Morgan fingerprint density at radius 2 is 1.96 bits per heavy atom. The van der Waals surface area contributed by atoms with Gasteiger partial charge < -0.3 is 20.7 Å². The topological polar surface area (TPSA) is 88.2 Å². The molecule has 1 aromatic carbocycles. The van der Waals surface area contributed by atoms with Crippen LogP contribution >= 0.6 is 15.9 Å². The van der Waals surface area contributed by atoms with Gasteiger partial charge in [0.1, 0.15) is 11.6 Å². The Kier molecular flexibility index (Phi) is 6.49. The van der Waals surface area contributed by atoms with Crippen molar-refractivity contribution in [3.63, 3.8) is 0 Å². The molecule has 144 valence electrons. The Balaban J connectivity index is 1.77. The summed E-state index contributed by atoms with van der Waals surface area (Å²) < 4.78 is 6.14. The summed E-state index contributed by atoms with van der Waals surface area (Å²) in [6.45, 7) is 1.56. The molecule has 1 saturated carbocycles. The molecule has 1 heterocycles. The van der Waals surface area contributed by atoms with E-state index in [1.54, 1.807) is 20.2 Å². The second kappa shape index (κ2) is 9.03. The summed E-state index contributed by atoms with van der Waals surface area (Å²) in [5.74, 6) is 1.88. The van der Waals surface area contributed by atoms with Crippen LogP contribution in [0.5, 0.6) is 5.75 Å². The lowest BCUT2D eigenvalue weighted by Crippen LogP contribution is -2.48. The largest absolute Gasteiger partial charge is 0.495 e. The van der Waals surface area contributed by atoms with E-state index in [9.17, 15) is 4.79 Å². The number of anilines is 3. The van der Waals surface area contributed by atoms with E-state index in [2.05, 4.69) is 41.8 Å². The summed E-state index contributed by atoms with van der Waals surface area (Å²) >= 11 is 3.51. The molecule has 1 aliphatic rings. The molecule has 1 aliphatic carbocycles. The highest BCUT2D eigenvalue weighted by atomic mass is 79.9. The maximum atomic E-state index is 11.5. The van der Waals surface area contributed by atoms with E-state index in [4.69, 9.17) is 4.74 Å². The van der Waals surface area contributed by atoms with Gasteiger partial charge in [0.05, 0.1) is 17.3 Å². The van der Waals surface area contributed by atoms with Gasteiger partial charge in [-0.15, -0.1) is 0 Å². The van der Waals surface area contributed by atoms with Crippen molar-refractivity contribution in [2.24, 2.45) is 0 Å². The molecule has 3 N–H and O–H groups in total. The van der Waals surface area contributed by atoms with Crippen LogP contribution in [-0.4, -0.2) is 35.1 Å². The maximum Gasteiger partial charge on any atom is 0.229 e. The molecular weight excluding hydrogens is 410 g/mol. The number of hydrogen-bond donors (Lipinski definition) is 3. The highest BCUT2D eigenvalue weighted by molar-refractivity contribution is 9.10. The van der Waals surface area contributed by atoms with Gasteiger partial charge in [0.15, 0.2) is 0 Å². The van der Waals surface area contributed by atoms with E-state index in [0.29, 0.717) is 11.8 Å². The first kappa shape index (κ1) is 19.4. The Morgan fingerprint density at radius 1 is 1.22 bits per heavy atom. The number of ether oxygens (including phenoxy) is 1. The van der Waals surface area contributed by atoms with Crippen LogP contribution in [0.25, 0.3) is 0 Å². The molecule has 0 bridgehead atoms. The molecule has 3 rings (SSSR count). The standard InChI is InChI=1S/C19H24BrN5O2/c1-12(26)22-14-7-3-4-8-15(14)23-18-13(20)11-21-19(25-18)24-16-9-5-6-10-17(16)27-2/h5-6,9-11,14-15H,3-4,7-8H2,1-2H3,(H,22,26)(H2,21,23,24,25)/t14-,15-/m1/s1. The quantitative estimate of drug-likeness (QED) is 0.640. The molecule has 0 aliphatic heterocycles. The van der Waals surface area contributed by atoms with E-state index in [0.717, 1.165) is 41.6 Å². The lowest BCUT2D eigenvalue weighted by atomic mass is 9.90. The predicted molar refractivity (Wildman–Crippen MR) is 109 cm³/mol. The fraction of sp³-hybridized carbons (Fsp3) is 0.421. The van der Waals surface area contributed by atoms with Crippen molar-refractivity contribution in [3.8, 4) is 5.75 Å². The minimum absolute atomic E-state index is 0.00557. The van der Waals surface area contributed by atoms with E-state index < -0.39 is 0 Å². The van der Waals surface area contributed by atoms with E-state index >= 15 is 0 Å². The van der Waals surface area contributed by atoms with E-state index in [1.807, 2.05) is 24.3 Å². The summed E-state index contributed by atoms with van der Waals surface area (Å²) in [7, 11) is 1.63. The molecule has 2 atom stereocenters. The van der Waals surface area contributed by atoms with Crippen LogP contribution in [0.4, 0.5) is 17.5 Å². The molecule has 2 aromatic rings. The van der Waals surface area contributed by atoms with Gasteiger partial charge in [-0.05, 0) is 40.9 Å². The zero-order valence-corrected chi connectivity index (χ0v) is 17.0. The number of amides is 1. The SMILES string of the molecule is COc1ccccc1Nc1ncc(Br)c(N[C@@H]2CCCC[C@H]2NC(C)=O)n1. The van der Waals surface area contributed by atoms with Crippen molar-refractivity contribution in [2.75, 3.05) is 17.7 Å². The molecule has 7 nitrogen and oxygen atoms in total. The monoisotopic (exact) mass is 433 g/mol. The number of nitrogens with one attached hydrogen (secondary N) is 3. The first-order valence-electron chi connectivity index (χ1n) is 9.03. The van der Waals surface area contributed by atoms with Crippen molar-refractivity contribution >= 4 is 39.3 Å². The molecule has 1 amide bonds. The van der Waals surface area contributed by atoms with Crippen molar-refractivity contribution in [3.05, 3.63) is 34.9 Å². The average Bonchev–Trinajstić information content (AvgIpc) is 2.66. The molecule has 27 heavy (non-hydrogen) atoms.